The average molecular weight is 336 g/mol. The van der Waals surface area contributed by atoms with E-state index in [0.29, 0.717) is 11.5 Å². The fourth-order valence-electron chi connectivity index (χ4n) is 3.29. The smallest absolute Gasteiger partial charge is 0.298 e. The topological polar surface area (TPSA) is 51.0 Å². The summed E-state index contributed by atoms with van der Waals surface area (Å²) in [5, 5.41) is 4.35. The molecule has 1 atom stereocenters. The van der Waals surface area contributed by atoms with Crippen LogP contribution in [0.15, 0.2) is 48.5 Å². The van der Waals surface area contributed by atoms with E-state index in [4.69, 9.17) is 0 Å². The maximum absolute atomic E-state index is 13.1. The molecule has 0 fully saturated rings. The van der Waals surface area contributed by atoms with Gasteiger partial charge in [-0.2, -0.15) is 0 Å². The summed E-state index contributed by atoms with van der Waals surface area (Å²) in [5.74, 6) is 0.183. The molecular weight excluding hydrogens is 319 g/mol. The highest BCUT2D eigenvalue weighted by Crippen LogP contribution is 2.32. The number of para-hydroxylation sites is 1. The molecule has 1 aliphatic rings. The van der Waals surface area contributed by atoms with E-state index in [0.717, 1.165) is 17.7 Å². The zero-order valence-corrected chi connectivity index (χ0v) is 14.0. The first-order valence-electron chi connectivity index (χ1n) is 8.15. The minimum atomic E-state index is -0.319. The van der Waals surface area contributed by atoms with Gasteiger partial charge >= 0.3 is 0 Å². The van der Waals surface area contributed by atoms with Gasteiger partial charge < -0.3 is 4.90 Å². The average Bonchev–Trinajstić information content (AvgIpc) is 3.14. The lowest BCUT2D eigenvalue weighted by atomic mass is 10.1. The van der Waals surface area contributed by atoms with E-state index < -0.39 is 0 Å². The summed E-state index contributed by atoms with van der Waals surface area (Å²) >= 11 is 0. The third-order valence-corrected chi connectivity index (χ3v) is 4.46. The van der Waals surface area contributed by atoms with E-state index in [-0.39, 0.29) is 23.6 Å². The maximum Gasteiger partial charge on any atom is 0.298 e. The predicted molar refractivity (Wildman–Crippen MR) is 92.5 cm³/mol. The molecule has 25 heavy (non-hydrogen) atoms. The van der Waals surface area contributed by atoms with Crippen molar-refractivity contribution in [2.75, 3.05) is 4.90 Å². The molecule has 2 aromatic carbocycles. The second kappa shape index (κ2) is 5.81. The Morgan fingerprint density at radius 2 is 1.88 bits per heavy atom. The number of rotatable bonds is 2. The fraction of sp³-hybridized carbons (Fsp3) is 0.211. The van der Waals surface area contributed by atoms with Crippen molar-refractivity contribution in [2.45, 2.75) is 26.3 Å². The Labute approximate surface area is 144 Å². The number of hydrogen-bond acceptors (Lipinski definition) is 3. The quantitative estimate of drug-likeness (QED) is 0.721. The first-order chi connectivity index (χ1) is 12.0. The number of amides is 1. The van der Waals surface area contributed by atoms with Gasteiger partial charge in [0.25, 0.3) is 5.91 Å². The number of aryl methyl sites for hydroxylation is 1. The molecule has 0 spiro atoms. The molecular formula is C19H17FN4O. The van der Waals surface area contributed by atoms with Gasteiger partial charge in [0.15, 0.2) is 0 Å². The fourth-order valence-corrected chi connectivity index (χ4v) is 3.29. The summed E-state index contributed by atoms with van der Waals surface area (Å²) in [6.07, 6.45) is 0.819. The van der Waals surface area contributed by atoms with Gasteiger partial charge in [-0.1, -0.05) is 18.2 Å². The van der Waals surface area contributed by atoms with E-state index in [1.165, 1.54) is 12.1 Å². The van der Waals surface area contributed by atoms with E-state index in [1.807, 2.05) is 31.2 Å². The zero-order chi connectivity index (χ0) is 17.6. The van der Waals surface area contributed by atoms with Crippen molar-refractivity contribution in [3.63, 3.8) is 0 Å². The van der Waals surface area contributed by atoms with Gasteiger partial charge in [-0.05, 0) is 56.2 Å². The number of aromatic nitrogens is 3. The number of fused-ring (bicyclic) bond motifs is 1. The second-order valence-electron chi connectivity index (χ2n) is 6.23. The highest BCUT2D eigenvalue weighted by Gasteiger charge is 2.33. The molecule has 6 heteroatoms. The van der Waals surface area contributed by atoms with Gasteiger partial charge in [0, 0.05) is 11.7 Å². The standard InChI is InChI=1S/C19H17FN4O/c1-12-11-14-5-3-4-6-17(14)23(12)19(25)18-21-13(2)24(22-18)16-9-7-15(20)8-10-16/h3-10,12H,11H2,1-2H3/t12-/m1/s1. The van der Waals surface area contributed by atoms with Crippen LogP contribution in [0.25, 0.3) is 5.69 Å². The lowest BCUT2D eigenvalue weighted by Crippen LogP contribution is -2.36. The number of carbonyl (C=O) groups excluding carboxylic acids is 1. The lowest BCUT2D eigenvalue weighted by Gasteiger charge is -2.20. The van der Waals surface area contributed by atoms with Gasteiger partial charge in [0.05, 0.1) is 5.69 Å². The Balaban J connectivity index is 1.70. The molecule has 0 saturated carbocycles. The highest BCUT2D eigenvalue weighted by atomic mass is 19.1. The van der Waals surface area contributed by atoms with Crippen LogP contribution in [0.2, 0.25) is 0 Å². The molecule has 5 nitrogen and oxygen atoms in total. The molecule has 4 rings (SSSR count). The van der Waals surface area contributed by atoms with Crippen LogP contribution in [0.4, 0.5) is 10.1 Å². The maximum atomic E-state index is 13.1. The van der Waals surface area contributed by atoms with E-state index in [2.05, 4.69) is 10.1 Å². The van der Waals surface area contributed by atoms with E-state index >= 15 is 0 Å². The minimum absolute atomic E-state index is 0.0583. The second-order valence-corrected chi connectivity index (χ2v) is 6.23. The molecule has 0 N–H and O–H groups in total. The Morgan fingerprint density at radius 1 is 1.16 bits per heavy atom. The Kier molecular flexibility index (Phi) is 3.60. The first kappa shape index (κ1) is 15.5. The third kappa shape index (κ3) is 2.59. The molecule has 3 aromatic rings. The van der Waals surface area contributed by atoms with Crippen LogP contribution in [0, 0.1) is 12.7 Å². The van der Waals surface area contributed by atoms with E-state index in [9.17, 15) is 9.18 Å². The third-order valence-electron chi connectivity index (χ3n) is 4.46. The van der Waals surface area contributed by atoms with Crippen molar-refractivity contribution in [3.05, 3.63) is 71.6 Å². The molecule has 126 valence electrons. The molecule has 2 heterocycles. The minimum Gasteiger partial charge on any atom is -0.302 e. The number of halogens is 1. The SMILES string of the molecule is Cc1nc(C(=O)N2c3ccccc3C[C@H]2C)nn1-c1ccc(F)cc1. The molecule has 0 saturated heterocycles. The normalized spacial score (nSPS) is 16.1. The summed E-state index contributed by atoms with van der Waals surface area (Å²) in [7, 11) is 0. The zero-order valence-electron chi connectivity index (χ0n) is 14.0. The van der Waals surface area contributed by atoms with Gasteiger partial charge in [-0.15, -0.1) is 5.10 Å². The van der Waals surface area contributed by atoms with Crippen molar-refractivity contribution in [3.8, 4) is 5.69 Å². The van der Waals surface area contributed by atoms with Gasteiger partial charge in [0.1, 0.15) is 11.6 Å². The molecule has 0 unspecified atom stereocenters. The van der Waals surface area contributed by atoms with Crippen LogP contribution in [-0.2, 0) is 6.42 Å². The molecule has 1 amide bonds. The summed E-state index contributed by atoms with van der Waals surface area (Å²) in [6.45, 7) is 3.79. The van der Waals surface area contributed by atoms with Crippen LogP contribution in [0.1, 0.15) is 28.9 Å². The largest absolute Gasteiger partial charge is 0.302 e. The number of nitrogens with zero attached hydrogens (tertiary/aromatic N) is 4. The Hall–Kier alpha value is -3.02. The number of benzene rings is 2. The molecule has 1 aromatic heterocycles. The lowest BCUT2D eigenvalue weighted by molar-refractivity contribution is 0.0971. The molecule has 0 bridgehead atoms. The Bertz CT molecular complexity index is 948. The summed E-state index contributed by atoms with van der Waals surface area (Å²) < 4.78 is 14.7. The number of anilines is 1. The summed E-state index contributed by atoms with van der Waals surface area (Å²) in [6, 6.07) is 13.9. The van der Waals surface area contributed by atoms with Gasteiger partial charge in [-0.25, -0.2) is 14.1 Å². The van der Waals surface area contributed by atoms with Crippen molar-refractivity contribution in [1.82, 2.24) is 14.8 Å². The van der Waals surface area contributed by atoms with Crippen LogP contribution in [0.3, 0.4) is 0 Å². The van der Waals surface area contributed by atoms with Crippen molar-refractivity contribution in [1.29, 1.82) is 0 Å². The number of carbonyl (C=O) groups is 1. The summed E-state index contributed by atoms with van der Waals surface area (Å²) in [5.41, 5.74) is 2.73. The number of hydrogen-bond donors (Lipinski definition) is 0. The highest BCUT2D eigenvalue weighted by molar-refractivity contribution is 6.05. The summed E-state index contributed by atoms with van der Waals surface area (Å²) in [4.78, 5) is 19.1. The van der Waals surface area contributed by atoms with Crippen molar-refractivity contribution >= 4 is 11.6 Å². The van der Waals surface area contributed by atoms with E-state index in [1.54, 1.807) is 28.6 Å². The van der Waals surface area contributed by atoms with Crippen LogP contribution >= 0.6 is 0 Å². The molecule has 0 radical (unpaired) electrons. The molecule has 1 aliphatic heterocycles. The Morgan fingerprint density at radius 3 is 2.64 bits per heavy atom. The van der Waals surface area contributed by atoms with Gasteiger partial charge in [0.2, 0.25) is 5.82 Å². The van der Waals surface area contributed by atoms with Crippen LogP contribution in [-0.4, -0.2) is 26.7 Å². The predicted octanol–water partition coefficient (Wildman–Crippen LogP) is 3.31. The van der Waals surface area contributed by atoms with Gasteiger partial charge in [-0.3, -0.25) is 4.79 Å². The van der Waals surface area contributed by atoms with Crippen LogP contribution < -0.4 is 4.90 Å². The van der Waals surface area contributed by atoms with Crippen LogP contribution in [0.5, 0.6) is 0 Å². The van der Waals surface area contributed by atoms with Crippen molar-refractivity contribution in [2.24, 2.45) is 0 Å². The molecule has 0 aliphatic carbocycles. The van der Waals surface area contributed by atoms with Crippen molar-refractivity contribution < 1.29 is 9.18 Å². The monoisotopic (exact) mass is 336 g/mol. The first-order valence-corrected chi connectivity index (χ1v) is 8.15.